The summed E-state index contributed by atoms with van der Waals surface area (Å²) in [5.41, 5.74) is 6.99. The lowest BCUT2D eigenvalue weighted by molar-refractivity contribution is 0.385. The molecule has 1 fully saturated rings. The van der Waals surface area contributed by atoms with Crippen molar-refractivity contribution in [1.29, 1.82) is 0 Å². The highest BCUT2D eigenvalue weighted by Gasteiger charge is 2.20. The first-order chi connectivity index (χ1) is 20.5. The van der Waals surface area contributed by atoms with E-state index in [-0.39, 0.29) is 0 Å². The molecule has 0 spiro atoms. The van der Waals surface area contributed by atoms with Gasteiger partial charge in [-0.05, 0) is 43.9 Å². The highest BCUT2D eigenvalue weighted by atomic mass is 35.5. The molecule has 42 heavy (non-hydrogen) atoms. The third kappa shape index (κ3) is 5.79. The molecule has 10 heteroatoms. The van der Waals surface area contributed by atoms with Crippen LogP contribution in [0.1, 0.15) is 25.0 Å². The van der Waals surface area contributed by atoms with Crippen molar-refractivity contribution >= 4 is 45.7 Å². The molecule has 0 amide bonds. The number of hydrogen-bond donors (Lipinski definition) is 2. The van der Waals surface area contributed by atoms with Gasteiger partial charge in [-0.15, -0.1) is 0 Å². The fourth-order valence-corrected chi connectivity index (χ4v) is 5.89. The molecule has 1 saturated carbocycles. The largest absolute Gasteiger partial charge is 0.480 e. The maximum absolute atomic E-state index is 7.01. The quantitative estimate of drug-likeness (QED) is 0.167. The molecule has 8 nitrogen and oxygen atoms in total. The third-order valence-corrected chi connectivity index (χ3v) is 8.23. The van der Waals surface area contributed by atoms with Crippen molar-refractivity contribution in [1.82, 2.24) is 30.2 Å². The van der Waals surface area contributed by atoms with Crippen LogP contribution in [0.15, 0.2) is 79.4 Å². The number of nitrogens with one attached hydrogen (secondary N) is 2. The van der Waals surface area contributed by atoms with E-state index in [0.29, 0.717) is 51.1 Å². The zero-order valence-corrected chi connectivity index (χ0v) is 24.6. The van der Waals surface area contributed by atoms with Crippen molar-refractivity contribution in [3.63, 3.8) is 0 Å². The molecule has 2 aromatic carbocycles. The van der Waals surface area contributed by atoms with Gasteiger partial charge in [-0.1, -0.05) is 65.7 Å². The van der Waals surface area contributed by atoms with Crippen molar-refractivity contribution in [2.24, 2.45) is 5.92 Å². The van der Waals surface area contributed by atoms with Crippen LogP contribution in [0.25, 0.3) is 33.4 Å². The minimum atomic E-state index is 0.465. The smallest absolute Gasteiger partial charge is 0.237 e. The van der Waals surface area contributed by atoms with Crippen LogP contribution in [0.2, 0.25) is 10.0 Å². The number of ether oxygens (including phenoxy) is 1. The fourth-order valence-electron chi connectivity index (χ4n) is 5.29. The van der Waals surface area contributed by atoms with Crippen LogP contribution in [-0.4, -0.2) is 38.6 Å². The van der Waals surface area contributed by atoms with Gasteiger partial charge in [-0.3, -0.25) is 9.97 Å². The Bertz CT molecular complexity index is 1770. The Morgan fingerprint density at radius 2 is 1.71 bits per heavy atom. The molecule has 0 aliphatic heterocycles. The van der Waals surface area contributed by atoms with Crippen molar-refractivity contribution in [2.75, 3.05) is 19.0 Å². The van der Waals surface area contributed by atoms with Gasteiger partial charge in [0.05, 0.1) is 40.2 Å². The van der Waals surface area contributed by atoms with Gasteiger partial charge in [0.2, 0.25) is 5.88 Å². The van der Waals surface area contributed by atoms with Crippen LogP contribution >= 0.6 is 23.2 Å². The lowest BCUT2D eigenvalue weighted by Crippen LogP contribution is -2.22. The number of pyridine rings is 1. The maximum Gasteiger partial charge on any atom is 0.237 e. The highest BCUT2D eigenvalue weighted by Crippen LogP contribution is 2.42. The zero-order valence-electron chi connectivity index (χ0n) is 23.1. The molecule has 3 aromatic heterocycles. The second-order valence-electron chi connectivity index (χ2n) is 10.2. The first-order valence-corrected chi connectivity index (χ1v) is 14.4. The lowest BCUT2D eigenvalue weighted by Gasteiger charge is -2.15. The number of hydrogen-bond acceptors (Lipinski definition) is 8. The molecule has 1 aliphatic rings. The van der Waals surface area contributed by atoms with Crippen LogP contribution in [0.5, 0.6) is 5.88 Å². The molecule has 1 atom stereocenters. The molecular formula is C32H29Cl2N7O. The van der Waals surface area contributed by atoms with Crippen molar-refractivity contribution in [3.8, 4) is 28.3 Å². The van der Waals surface area contributed by atoms with Gasteiger partial charge in [0.25, 0.3) is 0 Å². The monoisotopic (exact) mass is 597 g/mol. The van der Waals surface area contributed by atoms with Gasteiger partial charge in [0.1, 0.15) is 11.2 Å². The molecule has 0 unspecified atom stereocenters. The van der Waals surface area contributed by atoms with Gasteiger partial charge in [0, 0.05) is 41.8 Å². The summed E-state index contributed by atoms with van der Waals surface area (Å²) < 4.78 is 5.61. The van der Waals surface area contributed by atoms with E-state index in [0.717, 1.165) is 47.3 Å². The molecule has 0 saturated heterocycles. The maximum atomic E-state index is 7.01. The van der Waals surface area contributed by atoms with E-state index in [1.165, 1.54) is 12.0 Å². The van der Waals surface area contributed by atoms with Crippen LogP contribution in [0.3, 0.4) is 0 Å². The summed E-state index contributed by atoms with van der Waals surface area (Å²) in [6.45, 7) is 5.59. The van der Waals surface area contributed by atoms with Gasteiger partial charge in [-0.2, -0.15) is 0 Å². The first-order valence-electron chi connectivity index (χ1n) is 13.7. The Balaban J connectivity index is 1.26. The van der Waals surface area contributed by atoms with Crippen LogP contribution in [0.4, 0.5) is 11.5 Å². The molecule has 0 bridgehead atoms. The van der Waals surface area contributed by atoms with Crippen LogP contribution in [-0.2, 0) is 6.54 Å². The summed E-state index contributed by atoms with van der Waals surface area (Å²) in [6.07, 6.45) is 10.1. The van der Waals surface area contributed by atoms with E-state index in [9.17, 15) is 0 Å². The molecule has 6 rings (SSSR count). The highest BCUT2D eigenvalue weighted by molar-refractivity contribution is 6.39. The topological polar surface area (TPSA) is 97.7 Å². The van der Waals surface area contributed by atoms with Gasteiger partial charge < -0.3 is 15.4 Å². The summed E-state index contributed by atoms with van der Waals surface area (Å²) in [6, 6.07) is 13.3. The summed E-state index contributed by atoms with van der Waals surface area (Å²) in [4.78, 5) is 22.6. The Morgan fingerprint density at radius 3 is 2.52 bits per heavy atom. The number of halogens is 2. The number of anilines is 2. The van der Waals surface area contributed by atoms with E-state index in [1.807, 2.05) is 42.5 Å². The van der Waals surface area contributed by atoms with Crippen molar-refractivity contribution in [3.05, 3.63) is 95.1 Å². The van der Waals surface area contributed by atoms with E-state index >= 15 is 0 Å². The van der Waals surface area contributed by atoms with E-state index in [2.05, 4.69) is 37.1 Å². The molecule has 5 aromatic rings. The first kappa shape index (κ1) is 28.0. The Kier molecular flexibility index (Phi) is 8.28. The predicted molar refractivity (Wildman–Crippen MR) is 168 cm³/mol. The summed E-state index contributed by atoms with van der Waals surface area (Å²) in [5, 5.41) is 7.81. The standard InChI is InChI=1S/C32H29Cl2N7O/c1-19-9-10-20(15-19)16-35-17-27-32(42-2)41-26(18-39-27)23-7-3-5-21(28(23)33)22-6-4-8-24(29(22)34)40-31-30-25(11-12-38-31)36-13-14-37-30/h3-8,11-14,18,20,35H,1,9-10,15-17H2,2H3,(H,38,40)/t20-/m1/s1. The van der Waals surface area contributed by atoms with Crippen molar-refractivity contribution < 1.29 is 4.74 Å². The average Bonchev–Trinajstić information content (AvgIpc) is 3.43. The number of fused-ring (bicyclic) bond motifs is 1. The second kappa shape index (κ2) is 12.4. The van der Waals surface area contributed by atoms with Gasteiger partial charge in [-0.25, -0.2) is 15.0 Å². The van der Waals surface area contributed by atoms with E-state index in [4.69, 9.17) is 32.9 Å². The van der Waals surface area contributed by atoms with Crippen LogP contribution < -0.4 is 15.4 Å². The van der Waals surface area contributed by atoms with E-state index in [1.54, 1.807) is 31.9 Å². The zero-order chi connectivity index (χ0) is 29.1. The number of methoxy groups -OCH3 is 1. The number of nitrogens with zero attached hydrogens (tertiary/aromatic N) is 5. The number of rotatable bonds is 9. The second-order valence-corrected chi connectivity index (χ2v) is 11.0. The fraction of sp³-hybridized carbons (Fsp3) is 0.219. The SMILES string of the molecule is C=C1CC[C@@H](CNCc2ncc(-c3cccc(-c4cccc(Nc5nccc6nccnc56)c4Cl)c3Cl)nc2OC)C1. The minimum Gasteiger partial charge on any atom is -0.480 e. The Morgan fingerprint density at radius 1 is 0.929 bits per heavy atom. The Hall–Kier alpha value is -4.11. The molecule has 212 valence electrons. The molecule has 0 radical (unpaired) electrons. The molecule has 1 aliphatic carbocycles. The number of allylic oxidation sites excluding steroid dienone is 1. The summed E-state index contributed by atoms with van der Waals surface area (Å²) in [5.74, 6) is 1.65. The lowest BCUT2D eigenvalue weighted by atomic mass is 10.0. The normalized spacial score (nSPS) is 14.8. The van der Waals surface area contributed by atoms with Gasteiger partial charge >= 0.3 is 0 Å². The minimum absolute atomic E-state index is 0.465. The van der Waals surface area contributed by atoms with E-state index < -0.39 is 0 Å². The predicted octanol–water partition coefficient (Wildman–Crippen LogP) is 7.65. The van der Waals surface area contributed by atoms with Crippen molar-refractivity contribution in [2.45, 2.75) is 25.8 Å². The van der Waals surface area contributed by atoms with Crippen LogP contribution in [0, 0.1) is 5.92 Å². The average molecular weight is 599 g/mol. The number of benzene rings is 2. The summed E-state index contributed by atoms with van der Waals surface area (Å²) >= 11 is 13.9. The molecule has 2 N–H and O–H groups in total. The number of aromatic nitrogens is 5. The van der Waals surface area contributed by atoms with Gasteiger partial charge in [0.15, 0.2) is 5.82 Å². The summed E-state index contributed by atoms with van der Waals surface area (Å²) in [7, 11) is 1.60. The molecule has 3 heterocycles. The third-order valence-electron chi connectivity index (χ3n) is 7.42. The molecular weight excluding hydrogens is 569 g/mol. The Labute approximate surface area is 254 Å².